The smallest absolute Gasteiger partial charge is 0.386 e. The van der Waals surface area contributed by atoms with Crippen molar-refractivity contribution in [3.63, 3.8) is 0 Å². The van der Waals surface area contributed by atoms with Crippen LogP contribution in [0.25, 0.3) is 22.3 Å². The molecule has 2 unspecified atom stereocenters. The van der Waals surface area contributed by atoms with Crippen LogP contribution in [-0.2, 0) is 36.7 Å². The molecule has 10 atom stereocenters. The van der Waals surface area contributed by atoms with Crippen molar-refractivity contribution in [2.24, 2.45) is 0 Å². The predicted octanol–water partition coefficient (Wildman–Crippen LogP) is 1.47. The molecule has 5 aliphatic rings. The Morgan fingerprint density at radius 3 is 1.58 bits per heavy atom. The van der Waals surface area contributed by atoms with Gasteiger partial charge in [0.05, 0.1) is 25.9 Å². The maximum atomic E-state index is 13.6. The Morgan fingerprint density at radius 1 is 0.708 bits per heavy atom. The average Bonchev–Trinajstić information content (AvgIpc) is 3.81. The van der Waals surface area contributed by atoms with Crippen molar-refractivity contribution >= 4 is 72.1 Å². The third-order valence-corrected chi connectivity index (χ3v) is 11.4. The van der Waals surface area contributed by atoms with Crippen molar-refractivity contribution in [2.45, 2.75) is 49.1 Å². The van der Waals surface area contributed by atoms with Crippen LogP contribution in [0.1, 0.15) is 12.5 Å². The van der Waals surface area contributed by atoms with Crippen LogP contribution in [0.2, 0.25) is 0 Å². The van der Waals surface area contributed by atoms with Crippen LogP contribution < -0.4 is 10.6 Å². The number of hydrogen-bond donors (Lipinski definition) is 6. The van der Waals surface area contributed by atoms with Crippen LogP contribution in [-0.4, -0.2) is 112 Å². The van der Waals surface area contributed by atoms with E-state index < -0.39 is 75.9 Å². The quantitative estimate of drug-likeness (QED) is 0.0849. The molecule has 9 rings (SSSR count). The van der Waals surface area contributed by atoms with Gasteiger partial charge in [-0.2, -0.15) is 0 Å². The van der Waals surface area contributed by atoms with Gasteiger partial charge in [-0.15, -0.1) is 0 Å². The van der Waals surface area contributed by atoms with Crippen molar-refractivity contribution in [1.29, 1.82) is 0 Å². The normalized spacial score (nSPS) is 38.0. The molecule has 5 aliphatic heterocycles. The third-order valence-electron chi connectivity index (χ3n) is 8.15. The van der Waals surface area contributed by atoms with E-state index in [0.29, 0.717) is 47.1 Å². The van der Waals surface area contributed by atoms with Gasteiger partial charge in [0.2, 0.25) is 0 Å². The summed E-state index contributed by atoms with van der Waals surface area (Å²) in [5.74, 6) is 0.825. The molecule has 4 aromatic rings. The number of thiol groups is 2. The number of nitrogens with zero attached hydrogens (tertiary/aromatic N) is 8. The largest absolute Gasteiger partial charge is 0.387 e. The summed E-state index contributed by atoms with van der Waals surface area (Å²) in [6.07, 6.45) is -1.38. The first-order chi connectivity index (χ1) is 23.1. The molecule has 0 aliphatic carbocycles. The monoisotopic (exact) mass is 742 g/mol. The van der Waals surface area contributed by atoms with E-state index in [1.807, 2.05) is 12.2 Å². The molecule has 24 heteroatoms. The van der Waals surface area contributed by atoms with Crippen LogP contribution in [0.15, 0.2) is 37.5 Å². The Bertz CT molecular complexity index is 1850. The lowest BCUT2D eigenvalue weighted by Gasteiger charge is -2.26. The molecular weight excluding hydrogens is 714 g/mol. The molecule has 3 fully saturated rings. The summed E-state index contributed by atoms with van der Waals surface area (Å²) in [5.41, 5.74) is 1.34. The number of nitrogens with one attached hydrogen (secondary N) is 2. The van der Waals surface area contributed by atoms with E-state index >= 15 is 0 Å². The zero-order valence-electron chi connectivity index (χ0n) is 24.4. The minimum Gasteiger partial charge on any atom is -0.387 e. The van der Waals surface area contributed by atoms with Crippen LogP contribution >= 0.6 is 38.1 Å². The SMILES string of the molecule is O=P1(S)OC[C@H]2O[C@@H]3[C@H](OP(=O)(S)OC[C@H]4O[C@H]([C@H](O1)[C@@H]4O)n1cnc4c(ncnc41)NC/C=C/CNc1ncnc4c1ncn43)[C@@H]2O. The van der Waals surface area contributed by atoms with Crippen molar-refractivity contribution in [3.05, 3.63) is 37.5 Å². The molecule has 20 nitrogen and oxygen atoms in total. The number of anilines is 2. The lowest BCUT2D eigenvalue weighted by atomic mass is 10.1. The molecule has 3 saturated heterocycles. The second-order valence-corrected chi connectivity index (χ2v) is 16.9. The molecule has 0 spiro atoms. The van der Waals surface area contributed by atoms with Gasteiger partial charge in [0.15, 0.2) is 46.4 Å². The number of imidazole rings is 2. The first-order valence-electron chi connectivity index (χ1n) is 14.5. The summed E-state index contributed by atoms with van der Waals surface area (Å²) >= 11 is 8.31. The molecule has 9 heterocycles. The van der Waals surface area contributed by atoms with Gasteiger partial charge in [0.1, 0.15) is 49.3 Å². The van der Waals surface area contributed by atoms with E-state index in [2.05, 4.69) is 65.0 Å². The van der Waals surface area contributed by atoms with Crippen LogP contribution in [0.4, 0.5) is 11.6 Å². The lowest BCUT2D eigenvalue weighted by Crippen LogP contribution is -2.37. The zero-order valence-corrected chi connectivity index (χ0v) is 28.0. The summed E-state index contributed by atoms with van der Waals surface area (Å²) in [6.45, 7) is -8.88. The number of aliphatic hydroxyl groups is 2. The Hall–Kier alpha value is -2.72. The summed E-state index contributed by atoms with van der Waals surface area (Å²) < 4.78 is 65.3. The third kappa shape index (κ3) is 5.92. The number of fused-ring (bicyclic) bond motifs is 10. The summed E-state index contributed by atoms with van der Waals surface area (Å²) in [4.78, 5) is 26.2. The number of rotatable bonds is 0. The number of aliphatic hydroxyl groups excluding tert-OH is 2. The predicted molar refractivity (Wildman–Crippen MR) is 171 cm³/mol. The molecule has 0 radical (unpaired) electrons. The average molecular weight is 743 g/mol. The van der Waals surface area contributed by atoms with Gasteiger partial charge in [-0.25, -0.2) is 39.0 Å². The maximum Gasteiger partial charge on any atom is 0.386 e. The Morgan fingerprint density at radius 2 is 1.15 bits per heavy atom. The molecule has 48 heavy (non-hydrogen) atoms. The van der Waals surface area contributed by atoms with Crippen molar-refractivity contribution in [3.8, 4) is 0 Å². The lowest BCUT2D eigenvalue weighted by molar-refractivity contribution is -0.0584. The minimum atomic E-state index is -4.30. The van der Waals surface area contributed by atoms with Gasteiger partial charge in [-0.05, 0) is 0 Å². The zero-order chi connectivity index (χ0) is 33.2. The Kier molecular flexibility index (Phi) is 8.50. The van der Waals surface area contributed by atoms with E-state index in [-0.39, 0.29) is 0 Å². The minimum absolute atomic E-state index is 0.298. The molecule has 4 aromatic heterocycles. The molecule has 14 bridgehead atoms. The van der Waals surface area contributed by atoms with E-state index in [1.54, 1.807) is 0 Å². The number of ether oxygens (including phenoxy) is 2. The van der Waals surface area contributed by atoms with Gasteiger partial charge in [0, 0.05) is 13.1 Å². The Labute approximate surface area is 281 Å². The fraction of sp³-hybridized carbons (Fsp3) is 0.500. The van der Waals surface area contributed by atoms with Gasteiger partial charge in [-0.1, -0.05) is 36.6 Å². The maximum absolute atomic E-state index is 13.6. The topological polar surface area (TPSA) is 241 Å². The number of aromatic nitrogens is 8. The van der Waals surface area contributed by atoms with Gasteiger partial charge >= 0.3 is 13.6 Å². The molecule has 0 saturated carbocycles. The molecular formula is C24H28N10O10P2S2. The highest BCUT2D eigenvalue weighted by atomic mass is 32.7. The second kappa shape index (κ2) is 12.6. The fourth-order valence-electron chi connectivity index (χ4n) is 5.90. The highest BCUT2D eigenvalue weighted by Gasteiger charge is 2.53. The van der Waals surface area contributed by atoms with E-state index in [0.717, 1.165) is 0 Å². The summed E-state index contributed by atoms with van der Waals surface area (Å²) in [5, 5.41) is 29.1. The molecule has 0 amide bonds. The molecule has 256 valence electrons. The van der Waals surface area contributed by atoms with Gasteiger partial charge in [0.25, 0.3) is 0 Å². The van der Waals surface area contributed by atoms with E-state index in [4.69, 9.17) is 27.6 Å². The molecule has 4 N–H and O–H groups in total. The summed E-state index contributed by atoms with van der Waals surface area (Å²) in [6, 6.07) is 0. The highest BCUT2D eigenvalue weighted by Crippen LogP contribution is 2.60. The first kappa shape index (κ1) is 32.5. The fourth-order valence-corrected chi connectivity index (χ4v) is 8.82. The Balaban J connectivity index is 1.25. The van der Waals surface area contributed by atoms with Crippen molar-refractivity contribution < 1.29 is 46.9 Å². The van der Waals surface area contributed by atoms with E-state index in [1.165, 1.54) is 34.4 Å². The van der Waals surface area contributed by atoms with E-state index in [9.17, 15) is 19.3 Å². The second-order valence-electron chi connectivity index (χ2n) is 11.1. The van der Waals surface area contributed by atoms with Crippen molar-refractivity contribution in [2.75, 3.05) is 36.9 Å². The highest BCUT2D eigenvalue weighted by molar-refractivity contribution is 8.44. The van der Waals surface area contributed by atoms with Crippen LogP contribution in [0.3, 0.4) is 0 Å². The first-order valence-corrected chi connectivity index (χ1v) is 19.9. The number of hydrogen-bond acceptors (Lipinski definition) is 18. The van der Waals surface area contributed by atoms with Gasteiger partial charge in [-0.3, -0.25) is 27.2 Å². The van der Waals surface area contributed by atoms with Crippen LogP contribution in [0.5, 0.6) is 0 Å². The van der Waals surface area contributed by atoms with Gasteiger partial charge < -0.3 is 30.3 Å². The molecule has 0 aromatic carbocycles. The van der Waals surface area contributed by atoms with Crippen molar-refractivity contribution in [1.82, 2.24) is 39.0 Å². The van der Waals surface area contributed by atoms with Crippen LogP contribution in [0, 0.1) is 0 Å². The summed E-state index contributed by atoms with van der Waals surface area (Å²) in [7, 11) is 0. The standard InChI is InChI=1S/C24H28N10O10P2S2/c35-15-11-5-39-46(38,48)44-18-16(36)12-6-40-45(37,47)43-17(15)23(41-11)33-9-31-13-19(27-7-29-21(13)33)25-3-1-2-4-26-20-14-22(30-8-28-20)34(10-32-14)24(18)42-12/h1-2,7-12,15-18,23-24,35-36H,3-6H2,(H,37,47)(H,38,48)(H,25,27,29)(H,26,28,30)/b2-1+/t11-,12-,15-,16-,17-,18-,23-,24-,45?,46?/m1/s1.